The van der Waals surface area contributed by atoms with Crippen LogP contribution in [0, 0.1) is 6.92 Å². The molecule has 0 aliphatic heterocycles. The molecule has 0 fully saturated rings. The van der Waals surface area contributed by atoms with E-state index in [1.807, 2.05) is 75.4 Å². The molecule has 0 aromatic heterocycles. The summed E-state index contributed by atoms with van der Waals surface area (Å²) in [5.41, 5.74) is 2.93. The molecule has 10 heteroatoms. The van der Waals surface area contributed by atoms with Crippen LogP contribution in [0.1, 0.15) is 37.0 Å². The highest BCUT2D eigenvalue weighted by atomic mass is 79.9. The van der Waals surface area contributed by atoms with Gasteiger partial charge in [0.25, 0.3) is 10.0 Å². The Hall–Kier alpha value is -3.47. The average Bonchev–Trinajstić information content (AvgIpc) is 3.03. The summed E-state index contributed by atoms with van der Waals surface area (Å²) in [6.45, 7) is 5.38. The van der Waals surface area contributed by atoms with E-state index < -0.39 is 28.5 Å². The van der Waals surface area contributed by atoms with E-state index in [1.54, 1.807) is 48.5 Å². The van der Waals surface area contributed by atoms with Crippen LogP contribution in [-0.4, -0.2) is 43.8 Å². The monoisotopic (exact) mass is 753 g/mol. The van der Waals surface area contributed by atoms with Gasteiger partial charge in [-0.3, -0.25) is 13.9 Å². The van der Waals surface area contributed by atoms with Crippen LogP contribution < -0.4 is 9.62 Å². The van der Waals surface area contributed by atoms with Crippen LogP contribution in [0.5, 0.6) is 0 Å². The fourth-order valence-corrected chi connectivity index (χ4v) is 6.70. The zero-order chi connectivity index (χ0) is 32.6. The number of sulfonamides is 1. The number of rotatable bonds is 13. The van der Waals surface area contributed by atoms with E-state index >= 15 is 0 Å². The van der Waals surface area contributed by atoms with Crippen molar-refractivity contribution in [1.82, 2.24) is 10.2 Å². The molecule has 0 aliphatic rings. The Morgan fingerprint density at radius 3 is 1.96 bits per heavy atom. The third-order valence-electron chi connectivity index (χ3n) is 7.54. The predicted octanol–water partition coefficient (Wildman–Crippen LogP) is 7.27. The topological polar surface area (TPSA) is 86.8 Å². The Balaban J connectivity index is 1.80. The van der Waals surface area contributed by atoms with Crippen LogP contribution >= 0.6 is 31.9 Å². The van der Waals surface area contributed by atoms with Crippen LogP contribution in [-0.2, 0) is 32.6 Å². The second kappa shape index (κ2) is 15.7. The summed E-state index contributed by atoms with van der Waals surface area (Å²) in [7, 11) is -4.15. The molecule has 0 radical (unpaired) electrons. The first kappa shape index (κ1) is 34.4. The van der Waals surface area contributed by atoms with Gasteiger partial charge in [-0.15, -0.1) is 0 Å². The van der Waals surface area contributed by atoms with Crippen molar-refractivity contribution >= 4 is 59.4 Å². The van der Waals surface area contributed by atoms with Gasteiger partial charge in [-0.1, -0.05) is 98.9 Å². The van der Waals surface area contributed by atoms with Crippen LogP contribution in [0.25, 0.3) is 0 Å². The van der Waals surface area contributed by atoms with Crippen molar-refractivity contribution < 1.29 is 18.0 Å². The van der Waals surface area contributed by atoms with E-state index in [0.29, 0.717) is 5.69 Å². The third kappa shape index (κ3) is 9.28. The Bertz CT molecular complexity index is 1680. The molecule has 2 amide bonds. The van der Waals surface area contributed by atoms with Gasteiger partial charge in [0.2, 0.25) is 11.8 Å². The minimum absolute atomic E-state index is 0.0682. The molecule has 0 unspecified atom stereocenters. The second-order valence-corrected chi connectivity index (χ2v) is 14.7. The van der Waals surface area contributed by atoms with Gasteiger partial charge in [-0.2, -0.15) is 0 Å². The second-order valence-electron chi connectivity index (χ2n) is 11.0. The summed E-state index contributed by atoms with van der Waals surface area (Å²) in [6.07, 6.45) is 0.977. The Morgan fingerprint density at radius 1 is 0.800 bits per heavy atom. The SMILES string of the molecule is CC[C@H](C)NC(=O)[C@@H](Cc1ccccc1)N(Cc1ccc(Br)cc1)C(=O)CN(c1ccc(Br)cc1)S(=O)(=O)c1ccc(C)cc1. The number of carbonyl (C=O) groups excluding carboxylic acids is 2. The molecule has 0 spiro atoms. The van der Waals surface area contributed by atoms with Crippen LogP contribution in [0.2, 0.25) is 0 Å². The van der Waals surface area contributed by atoms with Crippen molar-refractivity contribution in [1.29, 1.82) is 0 Å². The van der Waals surface area contributed by atoms with Crippen molar-refractivity contribution in [3.8, 4) is 0 Å². The van der Waals surface area contributed by atoms with Gasteiger partial charge >= 0.3 is 0 Å². The summed E-state index contributed by atoms with van der Waals surface area (Å²) in [6, 6.07) is 29.3. The number of anilines is 1. The summed E-state index contributed by atoms with van der Waals surface area (Å²) in [4.78, 5) is 30.0. The Labute approximate surface area is 283 Å². The van der Waals surface area contributed by atoms with Gasteiger partial charge in [0, 0.05) is 28.0 Å². The lowest BCUT2D eigenvalue weighted by Crippen LogP contribution is -2.54. The molecule has 2 atom stereocenters. The zero-order valence-corrected chi connectivity index (χ0v) is 29.5. The lowest BCUT2D eigenvalue weighted by Gasteiger charge is -2.34. The first-order valence-electron chi connectivity index (χ1n) is 14.7. The van der Waals surface area contributed by atoms with Crippen molar-refractivity contribution in [2.45, 2.75) is 57.1 Å². The first-order chi connectivity index (χ1) is 21.5. The van der Waals surface area contributed by atoms with Crippen molar-refractivity contribution in [2.75, 3.05) is 10.8 Å². The quantitative estimate of drug-likeness (QED) is 0.156. The van der Waals surface area contributed by atoms with Gasteiger partial charge in [-0.05, 0) is 79.9 Å². The number of hydrogen-bond acceptors (Lipinski definition) is 4. The molecule has 0 saturated heterocycles. The van der Waals surface area contributed by atoms with E-state index in [2.05, 4.69) is 37.2 Å². The molecular weight excluding hydrogens is 718 g/mol. The first-order valence-corrected chi connectivity index (χ1v) is 17.7. The number of nitrogens with one attached hydrogen (secondary N) is 1. The molecule has 0 saturated carbocycles. The fourth-order valence-electron chi connectivity index (χ4n) is 4.76. The lowest BCUT2D eigenvalue weighted by atomic mass is 10.0. The number of halogens is 2. The van der Waals surface area contributed by atoms with Crippen molar-refractivity contribution in [3.63, 3.8) is 0 Å². The van der Waals surface area contributed by atoms with Crippen LogP contribution in [0.3, 0.4) is 0 Å². The highest BCUT2D eigenvalue weighted by molar-refractivity contribution is 9.10. The average molecular weight is 756 g/mol. The van der Waals surface area contributed by atoms with E-state index in [-0.39, 0.29) is 29.8 Å². The Kier molecular flexibility index (Phi) is 12.0. The van der Waals surface area contributed by atoms with Gasteiger partial charge in [0.15, 0.2) is 0 Å². The minimum Gasteiger partial charge on any atom is -0.352 e. The summed E-state index contributed by atoms with van der Waals surface area (Å²) in [5, 5.41) is 3.06. The molecule has 0 aliphatic carbocycles. The largest absolute Gasteiger partial charge is 0.352 e. The summed E-state index contributed by atoms with van der Waals surface area (Å²) < 4.78 is 31.0. The van der Waals surface area contributed by atoms with Gasteiger partial charge in [-0.25, -0.2) is 8.42 Å². The number of benzene rings is 4. The van der Waals surface area contributed by atoms with Gasteiger partial charge in [0.1, 0.15) is 12.6 Å². The number of carbonyl (C=O) groups is 2. The van der Waals surface area contributed by atoms with Gasteiger partial charge in [0.05, 0.1) is 10.6 Å². The third-order valence-corrected chi connectivity index (χ3v) is 10.4. The maximum absolute atomic E-state index is 14.5. The van der Waals surface area contributed by atoms with Gasteiger partial charge < -0.3 is 10.2 Å². The highest BCUT2D eigenvalue weighted by Gasteiger charge is 2.35. The normalized spacial score (nSPS) is 12.6. The number of amides is 2. The standard InChI is InChI=1S/C35H37Br2N3O4S/c1-4-26(3)38-35(42)33(22-27-8-6-5-7-9-27)39(23-28-12-14-29(36)15-13-28)34(41)24-40(31-18-16-30(37)17-19-31)45(43,44)32-20-10-25(2)11-21-32/h5-21,26,33H,4,22-24H2,1-3H3,(H,38,42)/t26-,33+/m0/s1. The Morgan fingerprint density at radius 2 is 1.38 bits per heavy atom. The minimum atomic E-state index is -4.15. The van der Waals surface area contributed by atoms with Crippen molar-refractivity contribution in [2.24, 2.45) is 0 Å². The molecular formula is C35H37Br2N3O4S. The number of hydrogen-bond donors (Lipinski definition) is 1. The van der Waals surface area contributed by atoms with Crippen LogP contribution in [0.4, 0.5) is 5.69 Å². The maximum Gasteiger partial charge on any atom is 0.264 e. The van der Waals surface area contributed by atoms with E-state index in [9.17, 15) is 18.0 Å². The fraction of sp³-hybridized carbons (Fsp3) is 0.257. The number of aryl methyl sites for hydroxylation is 1. The van der Waals surface area contributed by atoms with Crippen LogP contribution in [0.15, 0.2) is 117 Å². The summed E-state index contributed by atoms with van der Waals surface area (Å²) in [5.74, 6) is -0.799. The molecule has 4 aromatic rings. The highest BCUT2D eigenvalue weighted by Crippen LogP contribution is 2.27. The molecule has 1 N–H and O–H groups in total. The molecule has 7 nitrogen and oxygen atoms in total. The van der Waals surface area contributed by atoms with E-state index in [0.717, 1.165) is 36.4 Å². The molecule has 0 heterocycles. The predicted molar refractivity (Wildman–Crippen MR) is 186 cm³/mol. The molecule has 45 heavy (non-hydrogen) atoms. The maximum atomic E-state index is 14.5. The number of nitrogens with zero attached hydrogens (tertiary/aromatic N) is 2. The lowest BCUT2D eigenvalue weighted by molar-refractivity contribution is -0.140. The molecule has 4 rings (SSSR count). The molecule has 0 bridgehead atoms. The smallest absolute Gasteiger partial charge is 0.264 e. The summed E-state index contributed by atoms with van der Waals surface area (Å²) >= 11 is 6.88. The van der Waals surface area contributed by atoms with E-state index in [4.69, 9.17) is 0 Å². The van der Waals surface area contributed by atoms with Crippen molar-refractivity contribution in [3.05, 3.63) is 129 Å². The molecule has 4 aromatic carbocycles. The zero-order valence-electron chi connectivity index (χ0n) is 25.5. The van der Waals surface area contributed by atoms with E-state index in [1.165, 1.54) is 4.90 Å². The molecule has 236 valence electrons.